The summed E-state index contributed by atoms with van der Waals surface area (Å²) in [5.41, 5.74) is 0.650. The molecule has 0 bridgehead atoms. The standard InChI is InChI=1S/C30H24N4O6/c1-2-31-28(35)33-25-16-10-9-11-21(25)19-27(33)38-24-17-18-32-26(20-24)34(29(36)39-22-12-5-3-6-13-22)30(37)40-23-14-7-4-8-15-23/h3-20H,2H2,1H3,(H,31,35). The van der Waals surface area contributed by atoms with Crippen molar-refractivity contribution in [2.24, 2.45) is 0 Å². The van der Waals surface area contributed by atoms with Crippen LogP contribution in [0.3, 0.4) is 0 Å². The highest BCUT2D eigenvalue weighted by molar-refractivity contribution is 6.09. The van der Waals surface area contributed by atoms with Gasteiger partial charge < -0.3 is 19.5 Å². The molecule has 40 heavy (non-hydrogen) atoms. The molecule has 10 nitrogen and oxygen atoms in total. The zero-order chi connectivity index (χ0) is 27.9. The number of benzene rings is 3. The molecule has 3 aromatic carbocycles. The van der Waals surface area contributed by atoms with E-state index in [1.54, 1.807) is 72.8 Å². The summed E-state index contributed by atoms with van der Waals surface area (Å²) < 4.78 is 18.3. The van der Waals surface area contributed by atoms with Crippen LogP contribution in [0.25, 0.3) is 10.9 Å². The maximum Gasteiger partial charge on any atom is 0.430 e. The summed E-state index contributed by atoms with van der Waals surface area (Å²) >= 11 is 0. The van der Waals surface area contributed by atoms with Gasteiger partial charge in [-0.25, -0.2) is 23.9 Å². The van der Waals surface area contributed by atoms with E-state index in [1.807, 2.05) is 25.1 Å². The second-order valence-corrected chi connectivity index (χ2v) is 8.36. The monoisotopic (exact) mass is 536 g/mol. The quantitative estimate of drug-likeness (QED) is 0.260. The van der Waals surface area contributed by atoms with Gasteiger partial charge in [-0.3, -0.25) is 0 Å². The molecule has 200 valence electrons. The van der Waals surface area contributed by atoms with Crippen LogP contribution in [0.4, 0.5) is 20.2 Å². The Labute approximate surface area is 229 Å². The first-order chi connectivity index (χ1) is 19.5. The van der Waals surface area contributed by atoms with Crippen LogP contribution in [0.15, 0.2) is 109 Å². The summed E-state index contributed by atoms with van der Waals surface area (Å²) in [5, 5.41) is 3.56. The zero-order valence-electron chi connectivity index (χ0n) is 21.4. The van der Waals surface area contributed by atoms with Crippen molar-refractivity contribution in [1.82, 2.24) is 14.9 Å². The largest absolute Gasteiger partial charge is 0.440 e. The van der Waals surface area contributed by atoms with Crippen LogP contribution in [0.1, 0.15) is 6.92 Å². The first-order valence-corrected chi connectivity index (χ1v) is 12.4. The van der Waals surface area contributed by atoms with Gasteiger partial charge in [0.2, 0.25) is 5.88 Å². The van der Waals surface area contributed by atoms with Gasteiger partial charge in [0.25, 0.3) is 0 Å². The highest BCUT2D eigenvalue weighted by Gasteiger charge is 2.30. The molecule has 0 unspecified atom stereocenters. The summed E-state index contributed by atoms with van der Waals surface area (Å²) in [6.45, 7) is 2.24. The minimum Gasteiger partial charge on any atom is -0.440 e. The summed E-state index contributed by atoms with van der Waals surface area (Å²) in [6, 6.07) is 28.2. The van der Waals surface area contributed by atoms with E-state index in [2.05, 4.69) is 10.3 Å². The minimum absolute atomic E-state index is 0.111. The van der Waals surface area contributed by atoms with Crippen molar-refractivity contribution in [3.05, 3.63) is 109 Å². The van der Waals surface area contributed by atoms with Gasteiger partial charge in [-0.2, -0.15) is 4.90 Å². The average molecular weight is 537 g/mol. The Morgan fingerprint density at radius 3 is 2.00 bits per heavy atom. The Bertz CT molecular complexity index is 1600. The first kappa shape index (κ1) is 26.0. The number of imide groups is 1. The first-order valence-electron chi connectivity index (χ1n) is 12.4. The van der Waals surface area contributed by atoms with E-state index in [4.69, 9.17) is 14.2 Å². The Morgan fingerprint density at radius 1 is 0.775 bits per heavy atom. The molecule has 5 rings (SSSR count). The van der Waals surface area contributed by atoms with E-state index in [9.17, 15) is 14.4 Å². The number of pyridine rings is 1. The van der Waals surface area contributed by atoms with Crippen LogP contribution in [0.2, 0.25) is 0 Å². The summed E-state index contributed by atoms with van der Waals surface area (Å²) in [6.07, 6.45) is -0.705. The van der Waals surface area contributed by atoms with Crippen molar-refractivity contribution < 1.29 is 28.6 Å². The molecule has 10 heteroatoms. The second kappa shape index (κ2) is 11.8. The van der Waals surface area contributed by atoms with E-state index < -0.39 is 12.2 Å². The lowest BCUT2D eigenvalue weighted by molar-refractivity contribution is 0.190. The molecule has 0 aliphatic heterocycles. The normalized spacial score (nSPS) is 10.5. The number of carbonyl (C=O) groups is 3. The fourth-order valence-corrected chi connectivity index (χ4v) is 3.88. The number of anilines is 1. The number of hydrogen-bond acceptors (Lipinski definition) is 7. The molecule has 0 aliphatic carbocycles. The molecule has 2 aromatic heterocycles. The Balaban J connectivity index is 1.49. The predicted octanol–water partition coefficient (Wildman–Crippen LogP) is 6.61. The van der Waals surface area contributed by atoms with Crippen LogP contribution in [-0.2, 0) is 0 Å². The lowest BCUT2D eigenvalue weighted by atomic mass is 10.2. The molecule has 0 saturated heterocycles. The number of para-hydroxylation sites is 3. The average Bonchev–Trinajstić information content (AvgIpc) is 3.32. The van der Waals surface area contributed by atoms with Gasteiger partial charge in [0.1, 0.15) is 17.2 Å². The molecule has 0 aliphatic rings. The molecule has 0 spiro atoms. The number of nitrogens with one attached hydrogen (secondary N) is 1. The van der Waals surface area contributed by atoms with E-state index in [1.165, 1.54) is 22.9 Å². The second-order valence-electron chi connectivity index (χ2n) is 8.36. The summed E-state index contributed by atoms with van der Waals surface area (Å²) in [7, 11) is 0. The predicted molar refractivity (Wildman–Crippen MR) is 148 cm³/mol. The number of aromatic nitrogens is 2. The van der Waals surface area contributed by atoms with E-state index in [-0.39, 0.29) is 35.0 Å². The van der Waals surface area contributed by atoms with Crippen molar-refractivity contribution in [2.45, 2.75) is 6.92 Å². The third kappa shape index (κ3) is 5.76. The fourth-order valence-electron chi connectivity index (χ4n) is 3.88. The van der Waals surface area contributed by atoms with Crippen molar-refractivity contribution >= 4 is 34.9 Å². The smallest absolute Gasteiger partial charge is 0.430 e. The van der Waals surface area contributed by atoms with Crippen LogP contribution >= 0.6 is 0 Å². The van der Waals surface area contributed by atoms with E-state index in [0.717, 1.165) is 5.39 Å². The molecule has 2 heterocycles. The van der Waals surface area contributed by atoms with E-state index in [0.29, 0.717) is 17.0 Å². The van der Waals surface area contributed by atoms with Gasteiger partial charge in [-0.05, 0) is 43.3 Å². The lowest BCUT2D eigenvalue weighted by Crippen LogP contribution is -2.41. The number of ether oxygens (including phenoxy) is 3. The van der Waals surface area contributed by atoms with Crippen LogP contribution in [0.5, 0.6) is 23.1 Å². The molecule has 5 aromatic rings. The fraction of sp³-hybridized carbons (Fsp3) is 0.0667. The number of hydrogen-bond donors (Lipinski definition) is 1. The van der Waals surface area contributed by atoms with Crippen molar-refractivity contribution in [2.75, 3.05) is 11.4 Å². The van der Waals surface area contributed by atoms with E-state index >= 15 is 0 Å². The SMILES string of the molecule is CCNC(=O)n1c(Oc2ccnc(N(C(=O)Oc3ccccc3)C(=O)Oc3ccccc3)c2)cc2ccccc21. The highest BCUT2D eigenvalue weighted by Crippen LogP contribution is 2.31. The van der Waals surface area contributed by atoms with Crippen molar-refractivity contribution in [3.8, 4) is 23.1 Å². The Hall–Kier alpha value is -5.64. The Morgan fingerprint density at radius 2 is 1.38 bits per heavy atom. The maximum absolute atomic E-state index is 13.2. The molecular formula is C30H24N4O6. The van der Waals surface area contributed by atoms with Gasteiger partial charge in [-0.1, -0.05) is 54.6 Å². The number of carbonyl (C=O) groups excluding carboxylic acids is 3. The topological polar surface area (TPSA) is 112 Å². The van der Waals surface area contributed by atoms with Crippen molar-refractivity contribution in [3.63, 3.8) is 0 Å². The van der Waals surface area contributed by atoms with Gasteiger partial charge >= 0.3 is 18.2 Å². The number of nitrogens with zero attached hydrogens (tertiary/aromatic N) is 3. The molecule has 3 amide bonds. The highest BCUT2D eigenvalue weighted by atomic mass is 16.6. The number of amides is 3. The number of rotatable bonds is 6. The Kier molecular flexibility index (Phi) is 7.68. The van der Waals surface area contributed by atoms with Gasteiger partial charge in [0.15, 0.2) is 5.82 Å². The maximum atomic E-state index is 13.2. The van der Waals surface area contributed by atoms with Gasteiger partial charge in [0, 0.05) is 30.3 Å². The third-order valence-corrected chi connectivity index (χ3v) is 5.64. The summed E-state index contributed by atoms with van der Waals surface area (Å²) in [5.74, 6) is 0.783. The summed E-state index contributed by atoms with van der Waals surface area (Å²) in [4.78, 5) is 44.1. The third-order valence-electron chi connectivity index (χ3n) is 5.64. The van der Waals surface area contributed by atoms with Crippen molar-refractivity contribution in [1.29, 1.82) is 0 Å². The van der Waals surface area contributed by atoms with Crippen LogP contribution < -0.4 is 24.4 Å². The molecule has 0 atom stereocenters. The van der Waals surface area contributed by atoms with Gasteiger partial charge in [0.05, 0.1) is 5.52 Å². The molecule has 1 N–H and O–H groups in total. The van der Waals surface area contributed by atoms with Crippen LogP contribution in [-0.4, -0.2) is 34.3 Å². The minimum atomic E-state index is -1.03. The zero-order valence-corrected chi connectivity index (χ0v) is 21.4. The van der Waals surface area contributed by atoms with Crippen LogP contribution in [0, 0.1) is 0 Å². The molecular weight excluding hydrogens is 512 g/mol. The van der Waals surface area contributed by atoms with Gasteiger partial charge in [-0.15, -0.1) is 0 Å². The lowest BCUT2D eigenvalue weighted by Gasteiger charge is -2.19. The molecule has 0 fully saturated rings. The molecule has 0 radical (unpaired) electrons. The molecule has 0 saturated carbocycles. The number of fused-ring (bicyclic) bond motifs is 1.